The summed E-state index contributed by atoms with van der Waals surface area (Å²) in [5.74, 6) is 1.58. The predicted octanol–water partition coefficient (Wildman–Crippen LogP) is 3.82. The first kappa shape index (κ1) is 13.9. The van der Waals surface area contributed by atoms with E-state index in [4.69, 9.17) is 9.47 Å². The molecule has 1 saturated heterocycles. The largest absolute Gasteiger partial charge is 0.497 e. The van der Waals surface area contributed by atoms with Crippen molar-refractivity contribution >= 4 is 15.9 Å². The molecule has 2 rings (SSSR count). The molecule has 0 radical (unpaired) electrons. The highest BCUT2D eigenvalue weighted by molar-refractivity contribution is 9.09. The van der Waals surface area contributed by atoms with Gasteiger partial charge in [0.15, 0.2) is 0 Å². The summed E-state index contributed by atoms with van der Waals surface area (Å²) in [5, 5.41) is 1.03. The Morgan fingerprint density at radius 1 is 1.50 bits per heavy atom. The van der Waals surface area contributed by atoms with E-state index in [1.165, 1.54) is 18.4 Å². The van der Waals surface area contributed by atoms with Gasteiger partial charge in [-0.05, 0) is 49.3 Å². The smallest absolute Gasteiger partial charge is 0.119 e. The van der Waals surface area contributed by atoms with Crippen LogP contribution in [-0.2, 0) is 11.2 Å². The zero-order valence-corrected chi connectivity index (χ0v) is 12.5. The van der Waals surface area contributed by atoms with Crippen molar-refractivity contribution in [2.45, 2.75) is 31.8 Å². The number of rotatable bonds is 6. The van der Waals surface area contributed by atoms with E-state index in [9.17, 15) is 0 Å². The summed E-state index contributed by atoms with van der Waals surface area (Å²) in [6.07, 6.45) is 5.16. The van der Waals surface area contributed by atoms with Gasteiger partial charge < -0.3 is 9.47 Å². The van der Waals surface area contributed by atoms with Crippen LogP contribution in [0.2, 0.25) is 0 Å². The molecule has 0 N–H and O–H groups in total. The standard InChI is InChI=1S/C15H21BrO2/c1-17-14-5-2-4-12(9-14)8-13(11-16)10-15-6-3-7-18-15/h2,4-5,9,13,15H,3,6-8,10-11H2,1H3. The Bertz CT molecular complexity index is 361. The molecule has 3 heteroatoms. The lowest BCUT2D eigenvalue weighted by atomic mass is 9.94. The Hall–Kier alpha value is -0.540. The van der Waals surface area contributed by atoms with Crippen LogP contribution in [0.25, 0.3) is 0 Å². The molecule has 1 aliphatic heterocycles. The Kier molecular flexibility index (Phi) is 5.51. The lowest BCUT2D eigenvalue weighted by Crippen LogP contribution is -2.16. The molecule has 1 aromatic carbocycles. The van der Waals surface area contributed by atoms with Gasteiger partial charge in [-0.3, -0.25) is 0 Å². The predicted molar refractivity (Wildman–Crippen MR) is 77.6 cm³/mol. The normalized spacial score (nSPS) is 20.9. The van der Waals surface area contributed by atoms with Crippen LogP contribution in [0.1, 0.15) is 24.8 Å². The van der Waals surface area contributed by atoms with Crippen molar-refractivity contribution in [1.29, 1.82) is 0 Å². The summed E-state index contributed by atoms with van der Waals surface area (Å²) in [7, 11) is 1.72. The molecule has 0 amide bonds. The maximum atomic E-state index is 5.72. The van der Waals surface area contributed by atoms with Crippen molar-refractivity contribution in [3.05, 3.63) is 29.8 Å². The van der Waals surface area contributed by atoms with E-state index < -0.39 is 0 Å². The third kappa shape index (κ3) is 3.99. The Morgan fingerprint density at radius 3 is 3.06 bits per heavy atom. The molecule has 0 bridgehead atoms. The minimum atomic E-state index is 0.471. The maximum absolute atomic E-state index is 5.72. The highest BCUT2D eigenvalue weighted by Crippen LogP contribution is 2.25. The lowest BCUT2D eigenvalue weighted by Gasteiger charge is -2.18. The quantitative estimate of drug-likeness (QED) is 0.743. The summed E-state index contributed by atoms with van der Waals surface area (Å²) in [6, 6.07) is 8.36. The van der Waals surface area contributed by atoms with Crippen LogP contribution in [0.5, 0.6) is 5.75 Å². The highest BCUT2D eigenvalue weighted by atomic mass is 79.9. The zero-order valence-electron chi connectivity index (χ0n) is 10.9. The van der Waals surface area contributed by atoms with Crippen molar-refractivity contribution in [1.82, 2.24) is 0 Å². The van der Waals surface area contributed by atoms with Crippen LogP contribution in [0.3, 0.4) is 0 Å². The van der Waals surface area contributed by atoms with Crippen molar-refractivity contribution in [3.8, 4) is 5.75 Å². The molecule has 0 aliphatic carbocycles. The number of benzene rings is 1. The third-order valence-electron chi connectivity index (χ3n) is 3.50. The first-order chi connectivity index (χ1) is 8.81. The van der Waals surface area contributed by atoms with Crippen LogP contribution in [-0.4, -0.2) is 25.2 Å². The molecule has 2 nitrogen and oxygen atoms in total. The fourth-order valence-electron chi connectivity index (χ4n) is 2.54. The van der Waals surface area contributed by atoms with E-state index >= 15 is 0 Å². The highest BCUT2D eigenvalue weighted by Gasteiger charge is 2.20. The summed E-state index contributed by atoms with van der Waals surface area (Å²) >= 11 is 3.63. The van der Waals surface area contributed by atoms with E-state index in [1.54, 1.807) is 7.11 Å². The fraction of sp³-hybridized carbons (Fsp3) is 0.600. The van der Waals surface area contributed by atoms with Gasteiger partial charge in [0.25, 0.3) is 0 Å². The number of hydrogen-bond acceptors (Lipinski definition) is 2. The first-order valence-electron chi connectivity index (χ1n) is 6.62. The molecular weight excluding hydrogens is 292 g/mol. The Labute approximate surface area is 118 Å². The van der Waals surface area contributed by atoms with Crippen LogP contribution in [0.4, 0.5) is 0 Å². The second-order valence-corrected chi connectivity index (χ2v) is 5.59. The van der Waals surface area contributed by atoms with E-state index in [1.807, 2.05) is 6.07 Å². The lowest BCUT2D eigenvalue weighted by molar-refractivity contribution is 0.0925. The maximum Gasteiger partial charge on any atom is 0.119 e. The van der Waals surface area contributed by atoms with Gasteiger partial charge in [0.05, 0.1) is 13.2 Å². The second kappa shape index (κ2) is 7.15. The zero-order chi connectivity index (χ0) is 12.8. The molecule has 2 atom stereocenters. The molecule has 1 fully saturated rings. The van der Waals surface area contributed by atoms with Gasteiger partial charge in [0.2, 0.25) is 0 Å². The summed E-state index contributed by atoms with van der Waals surface area (Å²) in [6.45, 7) is 0.943. The van der Waals surface area contributed by atoms with Gasteiger partial charge in [-0.1, -0.05) is 28.1 Å². The molecule has 0 saturated carbocycles. The Morgan fingerprint density at radius 2 is 2.39 bits per heavy atom. The van der Waals surface area contributed by atoms with Crippen molar-refractivity contribution in [2.75, 3.05) is 19.0 Å². The molecule has 1 aliphatic rings. The van der Waals surface area contributed by atoms with Crippen molar-refractivity contribution in [3.63, 3.8) is 0 Å². The fourth-order valence-corrected chi connectivity index (χ4v) is 3.03. The van der Waals surface area contributed by atoms with Gasteiger partial charge in [0, 0.05) is 11.9 Å². The minimum absolute atomic E-state index is 0.471. The average molecular weight is 313 g/mol. The van der Waals surface area contributed by atoms with E-state index in [-0.39, 0.29) is 0 Å². The molecular formula is C15H21BrO2. The molecule has 1 aromatic rings. The minimum Gasteiger partial charge on any atom is -0.497 e. The molecule has 100 valence electrons. The number of alkyl halides is 1. The topological polar surface area (TPSA) is 18.5 Å². The van der Waals surface area contributed by atoms with Gasteiger partial charge in [-0.25, -0.2) is 0 Å². The molecule has 18 heavy (non-hydrogen) atoms. The van der Waals surface area contributed by atoms with Gasteiger partial charge in [0.1, 0.15) is 5.75 Å². The van der Waals surface area contributed by atoms with Crippen LogP contribution < -0.4 is 4.74 Å². The van der Waals surface area contributed by atoms with E-state index in [0.29, 0.717) is 12.0 Å². The number of hydrogen-bond donors (Lipinski definition) is 0. The summed E-state index contributed by atoms with van der Waals surface area (Å²) in [5.41, 5.74) is 1.34. The monoisotopic (exact) mass is 312 g/mol. The van der Waals surface area contributed by atoms with Crippen molar-refractivity contribution in [2.24, 2.45) is 5.92 Å². The third-order valence-corrected chi connectivity index (χ3v) is 4.41. The molecule has 2 unspecified atom stereocenters. The summed E-state index contributed by atoms with van der Waals surface area (Å²) in [4.78, 5) is 0. The average Bonchev–Trinajstić information content (AvgIpc) is 2.91. The number of ether oxygens (including phenoxy) is 2. The molecule has 0 spiro atoms. The molecule has 0 aromatic heterocycles. The van der Waals surface area contributed by atoms with Crippen LogP contribution in [0, 0.1) is 5.92 Å². The summed E-state index contributed by atoms with van der Waals surface area (Å²) < 4.78 is 11.0. The second-order valence-electron chi connectivity index (χ2n) is 4.95. The van der Waals surface area contributed by atoms with Gasteiger partial charge >= 0.3 is 0 Å². The number of halogens is 1. The van der Waals surface area contributed by atoms with E-state index in [0.717, 1.165) is 30.5 Å². The Balaban J connectivity index is 1.91. The number of methoxy groups -OCH3 is 1. The van der Waals surface area contributed by atoms with Crippen LogP contribution >= 0.6 is 15.9 Å². The first-order valence-corrected chi connectivity index (χ1v) is 7.74. The van der Waals surface area contributed by atoms with Gasteiger partial charge in [-0.15, -0.1) is 0 Å². The molecule has 1 heterocycles. The SMILES string of the molecule is COc1cccc(CC(CBr)CC2CCCO2)c1. The van der Waals surface area contributed by atoms with Gasteiger partial charge in [-0.2, -0.15) is 0 Å². The van der Waals surface area contributed by atoms with Crippen LogP contribution in [0.15, 0.2) is 24.3 Å². The van der Waals surface area contributed by atoms with Crippen molar-refractivity contribution < 1.29 is 9.47 Å². The van der Waals surface area contributed by atoms with E-state index in [2.05, 4.69) is 34.1 Å².